The molecule has 0 aromatic heterocycles. The monoisotopic (exact) mass is 220 g/mol. The van der Waals surface area contributed by atoms with Crippen LogP contribution in [0.3, 0.4) is 0 Å². The highest BCUT2D eigenvalue weighted by Crippen LogP contribution is 2.24. The Morgan fingerprint density at radius 3 is 2.69 bits per heavy atom. The van der Waals surface area contributed by atoms with Gasteiger partial charge in [-0.1, -0.05) is 12.1 Å². The van der Waals surface area contributed by atoms with E-state index in [1.165, 1.54) is 0 Å². The molecule has 1 aliphatic rings. The molecule has 3 heteroatoms. The number of hydrogen-bond donors (Lipinski definition) is 2. The highest BCUT2D eigenvalue weighted by molar-refractivity contribution is 5.65. The Labute approximate surface area is 97.0 Å². The predicted octanol–water partition coefficient (Wildman–Crippen LogP) is 2.50. The van der Waals surface area contributed by atoms with Crippen LogP contribution >= 0.6 is 0 Å². The van der Waals surface area contributed by atoms with E-state index < -0.39 is 0 Å². The molecular formula is C13H20N2O. The molecule has 0 spiro atoms. The summed E-state index contributed by atoms with van der Waals surface area (Å²) in [4.78, 5) is 0. The number of nitrogens with one attached hydrogen (secondary N) is 1. The Morgan fingerprint density at radius 1 is 1.31 bits per heavy atom. The van der Waals surface area contributed by atoms with Gasteiger partial charge in [0.1, 0.15) is 0 Å². The van der Waals surface area contributed by atoms with Crippen LogP contribution in [0, 0.1) is 5.92 Å². The molecule has 1 aromatic carbocycles. The van der Waals surface area contributed by atoms with E-state index in [0.717, 1.165) is 37.4 Å². The summed E-state index contributed by atoms with van der Waals surface area (Å²) in [5.41, 5.74) is 7.77. The number of para-hydroxylation sites is 2. The van der Waals surface area contributed by atoms with Crippen LogP contribution < -0.4 is 11.1 Å². The third-order valence-electron chi connectivity index (χ3n) is 3.32. The smallest absolute Gasteiger partial charge is 0.0576 e. The molecule has 88 valence electrons. The van der Waals surface area contributed by atoms with E-state index in [1.54, 1.807) is 0 Å². The van der Waals surface area contributed by atoms with Crippen LogP contribution in [0.2, 0.25) is 0 Å². The zero-order chi connectivity index (χ0) is 11.4. The lowest BCUT2D eigenvalue weighted by Gasteiger charge is -2.29. The summed E-state index contributed by atoms with van der Waals surface area (Å²) >= 11 is 0. The Balaban J connectivity index is 1.96. The molecule has 1 atom stereocenters. The van der Waals surface area contributed by atoms with Gasteiger partial charge in [-0.15, -0.1) is 0 Å². The molecule has 0 aliphatic carbocycles. The molecule has 1 fully saturated rings. The van der Waals surface area contributed by atoms with E-state index in [0.29, 0.717) is 12.0 Å². The third kappa shape index (κ3) is 2.67. The molecule has 1 unspecified atom stereocenters. The van der Waals surface area contributed by atoms with Crippen LogP contribution in [0.1, 0.15) is 19.8 Å². The number of anilines is 2. The maximum Gasteiger partial charge on any atom is 0.0576 e. The fraction of sp³-hybridized carbons (Fsp3) is 0.538. The fourth-order valence-electron chi connectivity index (χ4n) is 2.21. The van der Waals surface area contributed by atoms with Gasteiger partial charge in [-0.05, 0) is 37.8 Å². The van der Waals surface area contributed by atoms with Gasteiger partial charge in [0.05, 0.1) is 11.4 Å². The number of rotatable bonds is 3. The highest BCUT2D eigenvalue weighted by atomic mass is 16.5. The second-order valence-corrected chi connectivity index (χ2v) is 4.47. The van der Waals surface area contributed by atoms with E-state index in [4.69, 9.17) is 10.5 Å². The molecule has 1 aliphatic heterocycles. The maximum absolute atomic E-state index is 5.91. The van der Waals surface area contributed by atoms with Crippen LogP contribution in [0.25, 0.3) is 0 Å². The average molecular weight is 220 g/mol. The minimum absolute atomic E-state index is 0.452. The number of nitrogen functional groups attached to an aromatic ring is 1. The summed E-state index contributed by atoms with van der Waals surface area (Å²) in [7, 11) is 0. The van der Waals surface area contributed by atoms with E-state index in [2.05, 4.69) is 12.2 Å². The molecule has 2 rings (SSSR count). The number of hydrogen-bond acceptors (Lipinski definition) is 3. The summed E-state index contributed by atoms with van der Waals surface area (Å²) in [5.74, 6) is 0.688. The van der Waals surface area contributed by atoms with Crippen LogP contribution in [-0.2, 0) is 4.74 Å². The van der Waals surface area contributed by atoms with Crippen molar-refractivity contribution in [2.75, 3.05) is 24.3 Å². The molecule has 1 heterocycles. The normalized spacial score (nSPS) is 19.3. The number of nitrogens with two attached hydrogens (primary N) is 1. The van der Waals surface area contributed by atoms with Gasteiger partial charge in [0.15, 0.2) is 0 Å². The first-order valence-electron chi connectivity index (χ1n) is 5.96. The van der Waals surface area contributed by atoms with E-state index in [1.807, 2.05) is 24.3 Å². The van der Waals surface area contributed by atoms with Gasteiger partial charge >= 0.3 is 0 Å². The molecule has 1 aromatic rings. The first-order chi connectivity index (χ1) is 7.77. The highest BCUT2D eigenvalue weighted by Gasteiger charge is 2.20. The Kier molecular flexibility index (Phi) is 3.67. The molecule has 0 saturated carbocycles. The lowest BCUT2D eigenvalue weighted by Crippen LogP contribution is -2.31. The molecule has 3 nitrogen and oxygen atoms in total. The molecule has 3 N–H and O–H groups in total. The van der Waals surface area contributed by atoms with Crippen molar-refractivity contribution in [2.45, 2.75) is 25.8 Å². The lowest BCUT2D eigenvalue weighted by atomic mass is 9.93. The third-order valence-corrected chi connectivity index (χ3v) is 3.32. The van der Waals surface area contributed by atoms with Crippen LogP contribution in [0.15, 0.2) is 24.3 Å². The van der Waals surface area contributed by atoms with Crippen LogP contribution in [0.4, 0.5) is 11.4 Å². The minimum atomic E-state index is 0.452. The molecule has 0 amide bonds. The quantitative estimate of drug-likeness (QED) is 0.769. The SMILES string of the molecule is CC(Nc1ccccc1N)C1CCOCC1. The summed E-state index contributed by atoms with van der Waals surface area (Å²) in [6.07, 6.45) is 2.28. The van der Waals surface area contributed by atoms with Crippen molar-refractivity contribution in [2.24, 2.45) is 5.92 Å². The zero-order valence-electron chi connectivity index (χ0n) is 9.78. The van der Waals surface area contributed by atoms with Gasteiger partial charge in [0.25, 0.3) is 0 Å². The van der Waals surface area contributed by atoms with Crippen molar-refractivity contribution in [1.29, 1.82) is 0 Å². The van der Waals surface area contributed by atoms with E-state index in [-0.39, 0.29) is 0 Å². The molecule has 1 saturated heterocycles. The maximum atomic E-state index is 5.91. The summed E-state index contributed by atoms with van der Waals surface area (Å²) in [5, 5.41) is 3.50. The summed E-state index contributed by atoms with van der Waals surface area (Å²) in [6.45, 7) is 4.00. The van der Waals surface area contributed by atoms with Gasteiger partial charge < -0.3 is 15.8 Å². The molecule has 16 heavy (non-hydrogen) atoms. The van der Waals surface area contributed by atoms with Gasteiger partial charge in [0, 0.05) is 19.3 Å². The Hall–Kier alpha value is -1.22. The van der Waals surface area contributed by atoms with Crippen molar-refractivity contribution in [3.63, 3.8) is 0 Å². The van der Waals surface area contributed by atoms with Crippen molar-refractivity contribution in [3.8, 4) is 0 Å². The largest absolute Gasteiger partial charge is 0.397 e. The predicted molar refractivity (Wildman–Crippen MR) is 67.5 cm³/mol. The summed E-state index contributed by atoms with van der Waals surface area (Å²) in [6, 6.07) is 8.38. The number of ether oxygens (including phenoxy) is 1. The average Bonchev–Trinajstić information content (AvgIpc) is 2.33. The van der Waals surface area contributed by atoms with Crippen molar-refractivity contribution < 1.29 is 4.74 Å². The van der Waals surface area contributed by atoms with Gasteiger partial charge in [-0.3, -0.25) is 0 Å². The topological polar surface area (TPSA) is 47.3 Å². The van der Waals surface area contributed by atoms with Gasteiger partial charge in [-0.2, -0.15) is 0 Å². The van der Waals surface area contributed by atoms with E-state index >= 15 is 0 Å². The van der Waals surface area contributed by atoms with Crippen molar-refractivity contribution >= 4 is 11.4 Å². The van der Waals surface area contributed by atoms with Crippen molar-refractivity contribution in [1.82, 2.24) is 0 Å². The minimum Gasteiger partial charge on any atom is -0.397 e. The first-order valence-corrected chi connectivity index (χ1v) is 5.96. The molecule has 0 bridgehead atoms. The van der Waals surface area contributed by atoms with E-state index in [9.17, 15) is 0 Å². The van der Waals surface area contributed by atoms with Crippen LogP contribution in [0.5, 0.6) is 0 Å². The van der Waals surface area contributed by atoms with Gasteiger partial charge in [0.2, 0.25) is 0 Å². The van der Waals surface area contributed by atoms with Gasteiger partial charge in [-0.25, -0.2) is 0 Å². The second-order valence-electron chi connectivity index (χ2n) is 4.47. The lowest BCUT2D eigenvalue weighted by molar-refractivity contribution is 0.0622. The standard InChI is InChI=1S/C13H20N2O/c1-10(11-6-8-16-9-7-11)15-13-5-3-2-4-12(13)14/h2-5,10-11,15H,6-9,14H2,1H3. The van der Waals surface area contributed by atoms with Crippen LogP contribution in [-0.4, -0.2) is 19.3 Å². The molecular weight excluding hydrogens is 200 g/mol. The Morgan fingerprint density at radius 2 is 2.00 bits per heavy atom. The molecule has 0 radical (unpaired) electrons. The number of benzene rings is 1. The summed E-state index contributed by atoms with van der Waals surface area (Å²) < 4.78 is 5.37. The second kappa shape index (κ2) is 5.21. The Bertz CT molecular complexity index is 334. The fourth-order valence-corrected chi connectivity index (χ4v) is 2.21. The van der Waals surface area contributed by atoms with Crippen molar-refractivity contribution in [3.05, 3.63) is 24.3 Å². The first kappa shape index (κ1) is 11.3. The zero-order valence-corrected chi connectivity index (χ0v) is 9.78.